The van der Waals surface area contributed by atoms with E-state index in [1.54, 1.807) is 6.92 Å². The average molecular weight is 406 g/mol. The fourth-order valence-electron chi connectivity index (χ4n) is 2.72. The van der Waals surface area contributed by atoms with Crippen LogP contribution < -0.4 is 0 Å². The van der Waals surface area contributed by atoms with Crippen LogP contribution >= 0.6 is 10.8 Å². The Morgan fingerprint density at radius 1 is 1.36 bits per heavy atom. The van der Waals surface area contributed by atoms with E-state index in [-0.39, 0.29) is 28.1 Å². The van der Waals surface area contributed by atoms with Gasteiger partial charge in [-0.15, -0.1) is 0 Å². The Labute approximate surface area is 156 Å². The standard InChI is InChI=1S/C16H27NO5S2Si/c1-9(22-25(7,8)16(3,4)5)11-13(18)17-12(15(19)21-6)10(2)24(20)23-14(11)17/h9,11,14H,1-8H3/t9-,11-,14-,24?/m1/s1. The minimum absolute atomic E-state index is 0.0317. The predicted octanol–water partition coefficient (Wildman–Crippen LogP) is 3.00. The van der Waals surface area contributed by atoms with Crippen LogP contribution in [0.15, 0.2) is 10.6 Å². The fourth-order valence-corrected chi connectivity index (χ4v) is 7.39. The molecule has 25 heavy (non-hydrogen) atoms. The van der Waals surface area contributed by atoms with E-state index in [4.69, 9.17) is 9.16 Å². The van der Waals surface area contributed by atoms with E-state index in [1.807, 2.05) is 6.92 Å². The molecule has 4 atom stereocenters. The van der Waals surface area contributed by atoms with Crippen molar-refractivity contribution < 1.29 is 23.0 Å². The number of esters is 1. The molecule has 0 aromatic rings. The molecule has 1 amide bonds. The van der Waals surface area contributed by atoms with Crippen LogP contribution in [0.3, 0.4) is 0 Å². The molecule has 9 heteroatoms. The van der Waals surface area contributed by atoms with Gasteiger partial charge in [0.15, 0.2) is 8.32 Å². The number of amides is 1. The Hall–Kier alpha value is -0.643. The van der Waals surface area contributed by atoms with E-state index in [0.717, 1.165) is 0 Å². The van der Waals surface area contributed by atoms with Gasteiger partial charge in [-0.2, -0.15) is 0 Å². The van der Waals surface area contributed by atoms with Crippen molar-refractivity contribution in [3.05, 3.63) is 10.6 Å². The first kappa shape index (κ1) is 20.7. The smallest absolute Gasteiger partial charge is 0.355 e. The highest BCUT2D eigenvalue weighted by molar-refractivity contribution is 8.70. The van der Waals surface area contributed by atoms with Gasteiger partial charge < -0.3 is 9.16 Å². The SMILES string of the molecule is COC(=O)C1=C(C)S(=O)S[C@@H]2[C@H]([C@@H](C)O[Si](C)(C)C(C)(C)C)C(=O)N12. The van der Waals surface area contributed by atoms with Gasteiger partial charge in [-0.3, -0.25) is 9.69 Å². The molecule has 142 valence electrons. The second kappa shape index (κ2) is 6.83. The number of carbonyl (C=O) groups is 2. The van der Waals surface area contributed by atoms with E-state index in [9.17, 15) is 13.8 Å². The largest absolute Gasteiger partial charge is 0.464 e. The van der Waals surface area contributed by atoms with Crippen LogP contribution in [0.25, 0.3) is 0 Å². The third-order valence-electron chi connectivity index (χ3n) is 5.27. The number of carbonyl (C=O) groups excluding carboxylic acids is 2. The minimum Gasteiger partial charge on any atom is -0.464 e. The summed E-state index contributed by atoms with van der Waals surface area (Å²) in [6.07, 6.45) is -0.295. The summed E-state index contributed by atoms with van der Waals surface area (Å²) in [7, 11) is -0.953. The van der Waals surface area contributed by atoms with Crippen LogP contribution in [0.2, 0.25) is 18.1 Å². The summed E-state index contributed by atoms with van der Waals surface area (Å²) in [5.41, 5.74) is 0.116. The highest BCUT2D eigenvalue weighted by Crippen LogP contribution is 2.49. The van der Waals surface area contributed by atoms with Gasteiger partial charge in [0.2, 0.25) is 5.91 Å². The number of hydrogen-bond acceptors (Lipinski definition) is 6. The summed E-state index contributed by atoms with van der Waals surface area (Å²) in [5.74, 6) is -1.20. The highest BCUT2D eigenvalue weighted by Gasteiger charge is 2.58. The fraction of sp³-hybridized carbons (Fsp3) is 0.750. The molecule has 2 heterocycles. The average Bonchev–Trinajstić information content (AvgIpc) is 2.47. The van der Waals surface area contributed by atoms with Crippen molar-refractivity contribution in [2.45, 2.75) is 64.2 Å². The Morgan fingerprint density at radius 2 is 1.92 bits per heavy atom. The van der Waals surface area contributed by atoms with E-state index in [0.29, 0.717) is 4.91 Å². The van der Waals surface area contributed by atoms with Crippen molar-refractivity contribution in [2.75, 3.05) is 7.11 Å². The lowest BCUT2D eigenvalue weighted by molar-refractivity contribution is -0.157. The van der Waals surface area contributed by atoms with Crippen LogP contribution in [0.5, 0.6) is 0 Å². The second-order valence-corrected chi connectivity index (χ2v) is 15.9. The van der Waals surface area contributed by atoms with Crippen molar-refractivity contribution in [2.24, 2.45) is 5.92 Å². The molecule has 1 saturated heterocycles. The molecule has 0 saturated carbocycles. The molecule has 0 radical (unpaired) electrons. The first-order chi connectivity index (χ1) is 11.3. The number of fused-ring (bicyclic) bond motifs is 1. The molecule has 1 fully saturated rings. The number of ether oxygens (including phenoxy) is 1. The summed E-state index contributed by atoms with van der Waals surface area (Å²) in [6, 6.07) is 0. The minimum atomic E-state index is -2.03. The van der Waals surface area contributed by atoms with Gasteiger partial charge in [0.05, 0.1) is 24.0 Å². The Balaban J connectivity index is 2.25. The first-order valence-electron chi connectivity index (χ1n) is 8.22. The van der Waals surface area contributed by atoms with Gasteiger partial charge in [-0.05, 0) is 42.8 Å². The maximum Gasteiger partial charge on any atom is 0.355 e. The lowest BCUT2D eigenvalue weighted by Gasteiger charge is -2.52. The number of methoxy groups -OCH3 is 1. The van der Waals surface area contributed by atoms with Gasteiger partial charge in [-0.25, -0.2) is 9.00 Å². The first-order valence-corrected chi connectivity index (χ1v) is 13.7. The molecule has 2 rings (SSSR count). The molecule has 0 N–H and O–H groups in total. The number of nitrogens with zero attached hydrogens (tertiary/aromatic N) is 1. The van der Waals surface area contributed by atoms with E-state index in [2.05, 4.69) is 33.9 Å². The lowest BCUT2D eigenvalue weighted by atomic mass is 9.92. The maximum atomic E-state index is 12.8. The van der Waals surface area contributed by atoms with E-state index in [1.165, 1.54) is 22.8 Å². The second-order valence-electron chi connectivity index (χ2n) is 7.94. The molecule has 0 aliphatic carbocycles. The molecule has 0 aromatic carbocycles. The summed E-state index contributed by atoms with van der Waals surface area (Å²) >= 11 is 0. The quantitative estimate of drug-likeness (QED) is 0.310. The van der Waals surface area contributed by atoms with Crippen molar-refractivity contribution in [1.82, 2.24) is 4.90 Å². The molecular weight excluding hydrogens is 378 g/mol. The van der Waals surface area contributed by atoms with Crippen molar-refractivity contribution in [1.29, 1.82) is 0 Å². The van der Waals surface area contributed by atoms with Crippen molar-refractivity contribution >= 4 is 40.8 Å². The zero-order valence-electron chi connectivity index (χ0n) is 16.0. The molecule has 1 unspecified atom stereocenters. The molecule has 0 bridgehead atoms. The normalized spacial score (nSPS) is 28.4. The summed E-state index contributed by atoms with van der Waals surface area (Å²) in [4.78, 5) is 26.6. The zero-order chi connectivity index (χ0) is 19.3. The summed E-state index contributed by atoms with van der Waals surface area (Å²) in [5, 5.41) is -0.324. The van der Waals surface area contributed by atoms with Gasteiger partial charge in [-0.1, -0.05) is 20.8 Å². The van der Waals surface area contributed by atoms with Gasteiger partial charge in [0.25, 0.3) is 0 Å². The van der Waals surface area contributed by atoms with Gasteiger partial charge >= 0.3 is 5.97 Å². The Bertz CT molecular complexity index is 655. The maximum absolute atomic E-state index is 12.8. The number of β-lactam (4-membered cyclic amide) rings is 1. The lowest BCUT2D eigenvalue weighted by Crippen LogP contribution is -2.65. The number of hydrogen-bond donors (Lipinski definition) is 0. The van der Waals surface area contributed by atoms with Crippen molar-refractivity contribution in [3.63, 3.8) is 0 Å². The zero-order valence-corrected chi connectivity index (χ0v) is 18.7. The van der Waals surface area contributed by atoms with E-state index < -0.39 is 30.0 Å². The van der Waals surface area contributed by atoms with Crippen molar-refractivity contribution in [3.8, 4) is 0 Å². The highest BCUT2D eigenvalue weighted by atomic mass is 33.1. The monoisotopic (exact) mass is 405 g/mol. The van der Waals surface area contributed by atoms with E-state index >= 15 is 0 Å². The molecule has 2 aliphatic heterocycles. The molecule has 0 spiro atoms. The number of rotatable bonds is 4. The molecule has 0 aromatic heterocycles. The van der Waals surface area contributed by atoms with Crippen LogP contribution in [0.4, 0.5) is 0 Å². The molecule has 6 nitrogen and oxygen atoms in total. The summed E-state index contributed by atoms with van der Waals surface area (Å²) < 4.78 is 23.5. The van der Waals surface area contributed by atoms with Crippen LogP contribution in [-0.2, 0) is 28.6 Å². The Morgan fingerprint density at radius 3 is 2.40 bits per heavy atom. The third kappa shape index (κ3) is 3.48. The number of allylic oxidation sites excluding steroid dienone is 1. The van der Waals surface area contributed by atoms with Gasteiger partial charge in [0, 0.05) is 0 Å². The Kier molecular flexibility index (Phi) is 5.64. The van der Waals surface area contributed by atoms with Crippen LogP contribution in [0, 0.1) is 5.92 Å². The molecule has 2 aliphatic rings. The van der Waals surface area contributed by atoms with Crippen LogP contribution in [-0.4, -0.2) is 47.9 Å². The predicted molar refractivity (Wildman–Crippen MR) is 102 cm³/mol. The topological polar surface area (TPSA) is 72.9 Å². The van der Waals surface area contributed by atoms with Crippen LogP contribution in [0.1, 0.15) is 34.6 Å². The van der Waals surface area contributed by atoms with Gasteiger partial charge in [0.1, 0.15) is 20.9 Å². The third-order valence-corrected chi connectivity index (χ3v) is 13.3. The molecular formula is C16H27NO5S2Si. The summed E-state index contributed by atoms with van der Waals surface area (Å²) in [6.45, 7) is 14.2.